The van der Waals surface area contributed by atoms with Gasteiger partial charge in [0.2, 0.25) is 5.91 Å². The standard InChI is InChI=1S/C23H24N2OS/c26-23(25-14-12-24(13-15-25)17-19-11-16-27-18-19)22(20-7-3-1-4-8-20)21-9-5-2-6-10-21/h1-11,16,18,22H,12-15,17H2. The Morgan fingerprint density at radius 3 is 1.96 bits per heavy atom. The van der Waals surface area contributed by atoms with Gasteiger partial charge >= 0.3 is 0 Å². The molecule has 0 N–H and O–H groups in total. The van der Waals surface area contributed by atoms with Crippen LogP contribution >= 0.6 is 11.3 Å². The fourth-order valence-corrected chi connectivity index (χ4v) is 4.38. The van der Waals surface area contributed by atoms with E-state index < -0.39 is 0 Å². The van der Waals surface area contributed by atoms with Gasteiger partial charge in [-0.2, -0.15) is 11.3 Å². The molecular weight excluding hydrogens is 352 g/mol. The van der Waals surface area contributed by atoms with Crippen LogP contribution in [0.4, 0.5) is 0 Å². The normalized spacial score (nSPS) is 15.2. The minimum absolute atomic E-state index is 0.211. The molecule has 27 heavy (non-hydrogen) atoms. The quantitative estimate of drug-likeness (QED) is 0.665. The number of benzene rings is 2. The minimum atomic E-state index is -0.226. The molecule has 3 nitrogen and oxygen atoms in total. The van der Waals surface area contributed by atoms with Gasteiger partial charge in [0.1, 0.15) is 0 Å². The molecule has 1 aromatic heterocycles. The summed E-state index contributed by atoms with van der Waals surface area (Å²) in [5.41, 5.74) is 3.50. The number of rotatable bonds is 5. The van der Waals surface area contributed by atoms with E-state index in [1.165, 1.54) is 5.56 Å². The maximum atomic E-state index is 13.4. The molecular formula is C23H24N2OS. The zero-order chi connectivity index (χ0) is 18.5. The summed E-state index contributed by atoms with van der Waals surface area (Å²) in [4.78, 5) is 17.9. The molecule has 0 radical (unpaired) electrons. The molecule has 0 atom stereocenters. The predicted octanol–water partition coefficient (Wildman–Crippen LogP) is 4.22. The highest BCUT2D eigenvalue weighted by Gasteiger charge is 2.29. The first-order chi connectivity index (χ1) is 13.3. The van der Waals surface area contributed by atoms with Crippen LogP contribution in [0, 0.1) is 0 Å². The van der Waals surface area contributed by atoms with Crippen LogP contribution in [0.15, 0.2) is 77.5 Å². The molecule has 0 saturated carbocycles. The molecule has 0 bridgehead atoms. The Morgan fingerprint density at radius 1 is 0.852 bits per heavy atom. The van der Waals surface area contributed by atoms with Crippen LogP contribution < -0.4 is 0 Å². The molecule has 2 aromatic carbocycles. The van der Waals surface area contributed by atoms with Gasteiger partial charge in [-0.15, -0.1) is 0 Å². The number of amides is 1. The Kier molecular flexibility index (Phi) is 5.66. The Morgan fingerprint density at radius 2 is 1.44 bits per heavy atom. The van der Waals surface area contributed by atoms with Crippen molar-refractivity contribution in [2.24, 2.45) is 0 Å². The Hall–Kier alpha value is -2.43. The van der Waals surface area contributed by atoms with Gasteiger partial charge in [-0.05, 0) is 33.5 Å². The summed E-state index contributed by atoms with van der Waals surface area (Å²) >= 11 is 1.74. The van der Waals surface area contributed by atoms with E-state index in [1.807, 2.05) is 41.3 Å². The van der Waals surface area contributed by atoms with Gasteiger partial charge in [0.05, 0.1) is 5.92 Å². The van der Waals surface area contributed by atoms with E-state index in [-0.39, 0.29) is 11.8 Å². The molecule has 0 aliphatic carbocycles. The van der Waals surface area contributed by atoms with Crippen molar-refractivity contribution in [1.82, 2.24) is 9.80 Å². The number of thiophene rings is 1. The van der Waals surface area contributed by atoms with Crippen LogP contribution in [0.2, 0.25) is 0 Å². The Labute approximate surface area is 164 Å². The number of hydrogen-bond acceptors (Lipinski definition) is 3. The van der Waals surface area contributed by atoms with Crippen LogP contribution in [0.1, 0.15) is 22.6 Å². The average Bonchev–Trinajstić information content (AvgIpc) is 3.23. The van der Waals surface area contributed by atoms with Crippen molar-refractivity contribution in [3.63, 3.8) is 0 Å². The van der Waals surface area contributed by atoms with Crippen LogP contribution in [-0.4, -0.2) is 41.9 Å². The van der Waals surface area contributed by atoms with Crippen molar-refractivity contribution >= 4 is 17.2 Å². The van der Waals surface area contributed by atoms with Gasteiger partial charge in [0.25, 0.3) is 0 Å². The molecule has 1 fully saturated rings. The summed E-state index contributed by atoms with van der Waals surface area (Å²) in [7, 11) is 0. The maximum absolute atomic E-state index is 13.4. The first-order valence-corrected chi connectivity index (χ1v) is 10.4. The lowest BCUT2D eigenvalue weighted by Gasteiger charge is -2.36. The smallest absolute Gasteiger partial charge is 0.234 e. The van der Waals surface area contributed by atoms with Gasteiger partial charge in [-0.25, -0.2) is 0 Å². The van der Waals surface area contributed by atoms with Crippen LogP contribution in [0.25, 0.3) is 0 Å². The van der Waals surface area contributed by atoms with Crippen LogP contribution in [0.5, 0.6) is 0 Å². The minimum Gasteiger partial charge on any atom is -0.339 e. The van der Waals surface area contributed by atoms with E-state index in [4.69, 9.17) is 0 Å². The fraction of sp³-hybridized carbons (Fsp3) is 0.261. The highest BCUT2D eigenvalue weighted by atomic mass is 32.1. The number of carbonyl (C=O) groups is 1. The van der Waals surface area contributed by atoms with E-state index in [1.54, 1.807) is 11.3 Å². The van der Waals surface area contributed by atoms with Crippen LogP contribution in [-0.2, 0) is 11.3 Å². The van der Waals surface area contributed by atoms with Crippen molar-refractivity contribution in [3.05, 3.63) is 94.2 Å². The van der Waals surface area contributed by atoms with Crippen molar-refractivity contribution in [2.45, 2.75) is 12.5 Å². The second-order valence-corrected chi connectivity index (χ2v) is 7.77. The zero-order valence-corrected chi connectivity index (χ0v) is 16.1. The van der Waals surface area contributed by atoms with E-state index >= 15 is 0 Å². The molecule has 2 heterocycles. The molecule has 1 aliphatic heterocycles. The summed E-state index contributed by atoms with van der Waals surface area (Å²) in [5.74, 6) is -0.0154. The third kappa shape index (κ3) is 4.29. The van der Waals surface area contributed by atoms with E-state index in [0.29, 0.717) is 0 Å². The molecule has 1 amide bonds. The first kappa shape index (κ1) is 18.0. The van der Waals surface area contributed by atoms with E-state index in [0.717, 1.165) is 43.9 Å². The molecule has 0 spiro atoms. The molecule has 3 aromatic rings. The zero-order valence-electron chi connectivity index (χ0n) is 15.3. The van der Waals surface area contributed by atoms with Gasteiger partial charge in [-0.1, -0.05) is 60.7 Å². The van der Waals surface area contributed by atoms with Crippen LogP contribution in [0.3, 0.4) is 0 Å². The molecule has 4 rings (SSSR count). The molecule has 1 aliphatic rings. The molecule has 1 saturated heterocycles. The second kappa shape index (κ2) is 8.51. The van der Waals surface area contributed by atoms with E-state index in [2.05, 4.69) is 46.0 Å². The van der Waals surface area contributed by atoms with Crippen molar-refractivity contribution in [3.8, 4) is 0 Å². The SMILES string of the molecule is O=C(C(c1ccccc1)c1ccccc1)N1CCN(Cc2ccsc2)CC1. The van der Waals surface area contributed by atoms with E-state index in [9.17, 15) is 4.79 Å². The third-order valence-electron chi connectivity index (χ3n) is 5.18. The number of carbonyl (C=O) groups excluding carboxylic acids is 1. The van der Waals surface area contributed by atoms with Gasteiger partial charge in [0.15, 0.2) is 0 Å². The monoisotopic (exact) mass is 376 g/mol. The Balaban J connectivity index is 1.48. The lowest BCUT2D eigenvalue weighted by Crippen LogP contribution is -2.49. The summed E-state index contributed by atoms with van der Waals surface area (Å²) < 4.78 is 0. The second-order valence-electron chi connectivity index (χ2n) is 6.99. The van der Waals surface area contributed by atoms with Crippen molar-refractivity contribution in [2.75, 3.05) is 26.2 Å². The van der Waals surface area contributed by atoms with Gasteiger partial charge in [-0.3, -0.25) is 9.69 Å². The average molecular weight is 377 g/mol. The fourth-order valence-electron chi connectivity index (χ4n) is 3.72. The molecule has 0 unspecified atom stereocenters. The summed E-state index contributed by atoms with van der Waals surface area (Å²) in [6.07, 6.45) is 0. The van der Waals surface area contributed by atoms with Crippen molar-refractivity contribution < 1.29 is 4.79 Å². The maximum Gasteiger partial charge on any atom is 0.234 e. The first-order valence-electron chi connectivity index (χ1n) is 9.43. The summed E-state index contributed by atoms with van der Waals surface area (Å²) in [6.45, 7) is 4.42. The number of hydrogen-bond donors (Lipinski definition) is 0. The van der Waals surface area contributed by atoms with Crippen molar-refractivity contribution in [1.29, 1.82) is 0 Å². The van der Waals surface area contributed by atoms with Gasteiger partial charge < -0.3 is 4.90 Å². The topological polar surface area (TPSA) is 23.6 Å². The summed E-state index contributed by atoms with van der Waals surface area (Å²) in [6, 6.07) is 22.5. The predicted molar refractivity (Wildman–Crippen MR) is 111 cm³/mol. The highest BCUT2D eigenvalue weighted by molar-refractivity contribution is 7.07. The summed E-state index contributed by atoms with van der Waals surface area (Å²) in [5, 5.41) is 4.33. The largest absolute Gasteiger partial charge is 0.339 e. The Bertz CT molecular complexity index is 801. The molecule has 138 valence electrons. The highest BCUT2D eigenvalue weighted by Crippen LogP contribution is 2.27. The number of nitrogens with zero attached hydrogens (tertiary/aromatic N) is 2. The third-order valence-corrected chi connectivity index (χ3v) is 5.92. The van der Waals surface area contributed by atoms with Gasteiger partial charge in [0, 0.05) is 32.7 Å². The lowest BCUT2D eigenvalue weighted by atomic mass is 9.90. The molecule has 4 heteroatoms. The number of piperazine rings is 1. The lowest BCUT2D eigenvalue weighted by molar-refractivity contribution is -0.133.